The highest BCUT2D eigenvalue weighted by Gasteiger charge is 2.34. The van der Waals surface area contributed by atoms with E-state index in [2.05, 4.69) is 29.9 Å². The molecule has 6 heteroatoms. The lowest BCUT2D eigenvalue weighted by atomic mass is 9.89. The molecule has 0 saturated carbocycles. The summed E-state index contributed by atoms with van der Waals surface area (Å²) in [7, 11) is 5.46. The van der Waals surface area contributed by atoms with Gasteiger partial charge in [0.2, 0.25) is 0 Å². The molecule has 0 bridgehead atoms. The van der Waals surface area contributed by atoms with Crippen LogP contribution in [0.4, 0.5) is 5.82 Å². The van der Waals surface area contributed by atoms with Gasteiger partial charge in [0.1, 0.15) is 17.3 Å². The Morgan fingerprint density at radius 2 is 2.00 bits per heavy atom. The average Bonchev–Trinajstić information content (AvgIpc) is 2.61. The van der Waals surface area contributed by atoms with Gasteiger partial charge in [-0.3, -0.25) is 4.79 Å². The molecule has 1 aromatic carbocycles. The van der Waals surface area contributed by atoms with Gasteiger partial charge in [-0.05, 0) is 43.5 Å². The molecule has 2 unspecified atom stereocenters. The molecule has 132 valence electrons. The largest absolute Gasteiger partial charge is 0.497 e. The molecule has 3 rings (SSSR count). The molecule has 2 aromatic rings. The van der Waals surface area contributed by atoms with Gasteiger partial charge in [0, 0.05) is 20.1 Å². The molecule has 25 heavy (non-hydrogen) atoms. The number of hydrogen-bond donors (Lipinski definition) is 0. The topological polar surface area (TPSA) is 58.6 Å². The standard InChI is InChI=1S/C19H24N4O2/c1-12-8-14-9-15(25-5)6-7-16(14)13(2)23(12)19(24)17-10-21-18(11-20-17)22(3)4/h6-7,9-13H,8H2,1-5H3. The fourth-order valence-corrected chi connectivity index (χ4v) is 3.41. The van der Waals surface area contributed by atoms with Crippen LogP contribution in [0.2, 0.25) is 0 Å². The number of methoxy groups -OCH3 is 1. The smallest absolute Gasteiger partial charge is 0.274 e. The number of ether oxygens (including phenoxy) is 1. The number of amides is 1. The van der Waals surface area contributed by atoms with E-state index in [1.54, 1.807) is 19.5 Å². The minimum atomic E-state index is -0.0840. The van der Waals surface area contributed by atoms with Gasteiger partial charge < -0.3 is 14.5 Å². The van der Waals surface area contributed by atoms with E-state index in [0.717, 1.165) is 23.6 Å². The van der Waals surface area contributed by atoms with E-state index in [4.69, 9.17) is 4.74 Å². The maximum atomic E-state index is 13.0. The molecule has 1 amide bonds. The van der Waals surface area contributed by atoms with Crippen LogP contribution in [0.5, 0.6) is 5.75 Å². The van der Waals surface area contributed by atoms with Crippen LogP contribution in [-0.2, 0) is 6.42 Å². The van der Waals surface area contributed by atoms with Crippen molar-refractivity contribution in [2.45, 2.75) is 32.4 Å². The maximum Gasteiger partial charge on any atom is 0.274 e. The van der Waals surface area contributed by atoms with Crippen LogP contribution in [-0.4, -0.2) is 48.0 Å². The summed E-state index contributed by atoms with van der Waals surface area (Å²) in [6.07, 6.45) is 3.98. The normalized spacial score (nSPS) is 19.3. The number of aromatic nitrogens is 2. The number of anilines is 1. The minimum absolute atomic E-state index is 0.0209. The summed E-state index contributed by atoms with van der Waals surface area (Å²) < 4.78 is 5.32. The van der Waals surface area contributed by atoms with Gasteiger partial charge in [-0.1, -0.05) is 6.07 Å². The van der Waals surface area contributed by atoms with Gasteiger partial charge >= 0.3 is 0 Å². The predicted octanol–water partition coefficient (Wildman–Crippen LogP) is 2.70. The first kappa shape index (κ1) is 17.2. The van der Waals surface area contributed by atoms with Crippen LogP contribution in [0, 0.1) is 0 Å². The Kier molecular flexibility index (Phi) is 4.61. The van der Waals surface area contributed by atoms with Crippen molar-refractivity contribution in [2.24, 2.45) is 0 Å². The Morgan fingerprint density at radius 3 is 2.60 bits per heavy atom. The van der Waals surface area contributed by atoms with Gasteiger partial charge in [0.05, 0.1) is 25.5 Å². The monoisotopic (exact) mass is 340 g/mol. The van der Waals surface area contributed by atoms with Gasteiger partial charge in [0.15, 0.2) is 0 Å². The fourth-order valence-electron chi connectivity index (χ4n) is 3.41. The van der Waals surface area contributed by atoms with Crippen molar-refractivity contribution >= 4 is 11.7 Å². The second-order valence-electron chi connectivity index (χ2n) is 6.66. The van der Waals surface area contributed by atoms with E-state index in [9.17, 15) is 4.79 Å². The van der Waals surface area contributed by atoms with Crippen molar-refractivity contribution in [3.05, 3.63) is 47.4 Å². The Labute approximate surface area is 148 Å². The molecular weight excluding hydrogens is 316 g/mol. The van der Waals surface area contributed by atoms with Crippen LogP contribution >= 0.6 is 0 Å². The van der Waals surface area contributed by atoms with E-state index < -0.39 is 0 Å². The van der Waals surface area contributed by atoms with Crippen molar-refractivity contribution in [3.8, 4) is 5.75 Å². The summed E-state index contributed by atoms with van der Waals surface area (Å²) in [5, 5.41) is 0. The number of fused-ring (bicyclic) bond motifs is 1. The zero-order chi connectivity index (χ0) is 18.1. The van der Waals surface area contributed by atoms with Gasteiger partial charge in [-0.25, -0.2) is 9.97 Å². The first-order chi connectivity index (χ1) is 11.9. The SMILES string of the molecule is COc1ccc2c(c1)CC(C)N(C(=O)c1cnc(N(C)C)cn1)C2C. The van der Waals surface area contributed by atoms with Crippen molar-refractivity contribution in [2.75, 3.05) is 26.1 Å². The van der Waals surface area contributed by atoms with Crippen LogP contribution < -0.4 is 9.64 Å². The Balaban J connectivity index is 1.89. The molecule has 0 spiro atoms. The van der Waals surface area contributed by atoms with Crippen LogP contribution in [0.3, 0.4) is 0 Å². The molecule has 0 N–H and O–H groups in total. The highest BCUT2D eigenvalue weighted by atomic mass is 16.5. The minimum Gasteiger partial charge on any atom is -0.497 e. The summed E-state index contributed by atoms with van der Waals surface area (Å²) in [6.45, 7) is 4.12. The molecule has 0 aliphatic carbocycles. The predicted molar refractivity (Wildman–Crippen MR) is 97.1 cm³/mol. The first-order valence-electron chi connectivity index (χ1n) is 8.41. The van der Waals surface area contributed by atoms with Crippen LogP contribution in [0.25, 0.3) is 0 Å². The Bertz CT molecular complexity index is 773. The lowest BCUT2D eigenvalue weighted by Gasteiger charge is -2.40. The average molecular weight is 340 g/mol. The van der Waals surface area contributed by atoms with Crippen molar-refractivity contribution in [1.82, 2.24) is 14.9 Å². The van der Waals surface area contributed by atoms with Gasteiger partial charge in [-0.2, -0.15) is 0 Å². The van der Waals surface area contributed by atoms with E-state index >= 15 is 0 Å². The van der Waals surface area contributed by atoms with Gasteiger partial charge in [-0.15, -0.1) is 0 Å². The first-order valence-corrected chi connectivity index (χ1v) is 8.41. The molecule has 0 saturated heterocycles. The van der Waals surface area contributed by atoms with Crippen LogP contribution in [0.1, 0.15) is 41.5 Å². The fraction of sp³-hybridized carbons (Fsp3) is 0.421. The molecule has 2 atom stereocenters. The molecule has 1 aromatic heterocycles. The zero-order valence-corrected chi connectivity index (χ0v) is 15.4. The van der Waals surface area contributed by atoms with Crippen molar-refractivity contribution < 1.29 is 9.53 Å². The molecule has 2 heterocycles. The third kappa shape index (κ3) is 3.16. The van der Waals surface area contributed by atoms with E-state index in [1.807, 2.05) is 36.0 Å². The lowest BCUT2D eigenvalue weighted by Crippen LogP contribution is -2.45. The lowest BCUT2D eigenvalue weighted by molar-refractivity contribution is 0.0574. The van der Waals surface area contributed by atoms with E-state index in [0.29, 0.717) is 5.69 Å². The summed E-state index contributed by atoms with van der Waals surface area (Å²) in [5.41, 5.74) is 2.77. The Hall–Kier alpha value is -2.63. The van der Waals surface area contributed by atoms with Crippen LogP contribution in [0.15, 0.2) is 30.6 Å². The van der Waals surface area contributed by atoms with Crippen molar-refractivity contribution in [1.29, 1.82) is 0 Å². The molecule has 1 aliphatic heterocycles. The van der Waals surface area contributed by atoms with Gasteiger partial charge in [0.25, 0.3) is 5.91 Å². The maximum absolute atomic E-state index is 13.0. The number of nitrogens with zero attached hydrogens (tertiary/aromatic N) is 4. The summed E-state index contributed by atoms with van der Waals surface area (Å²) >= 11 is 0. The third-order valence-corrected chi connectivity index (χ3v) is 4.76. The summed E-state index contributed by atoms with van der Waals surface area (Å²) in [6, 6.07) is 6.12. The summed E-state index contributed by atoms with van der Waals surface area (Å²) in [4.78, 5) is 25.4. The second-order valence-corrected chi connectivity index (χ2v) is 6.66. The highest BCUT2D eigenvalue weighted by Crippen LogP contribution is 2.35. The number of carbonyl (C=O) groups is 1. The number of benzene rings is 1. The number of carbonyl (C=O) groups excluding carboxylic acids is 1. The molecule has 0 fully saturated rings. The van der Waals surface area contributed by atoms with E-state index in [-0.39, 0.29) is 18.0 Å². The highest BCUT2D eigenvalue weighted by molar-refractivity contribution is 5.92. The van der Waals surface area contributed by atoms with E-state index in [1.165, 1.54) is 5.56 Å². The number of rotatable bonds is 3. The zero-order valence-electron chi connectivity index (χ0n) is 15.4. The second kappa shape index (κ2) is 6.70. The quantitative estimate of drug-likeness (QED) is 0.860. The van der Waals surface area contributed by atoms with Crippen molar-refractivity contribution in [3.63, 3.8) is 0 Å². The molecular formula is C19H24N4O2. The molecule has 1 aliphatic rings. The summed E-state index contributed by atoms with van der Waals surface area (Å²) in [5.74, 6) is 1.50. The Morgan fingerprint density at radius 1 is 1.24 bits per heavy atom. The third-order valence-electron chi connectivity index (χ3n) is 4.76. The number of hydrogen-bond acceptors (Lipinski definition) is 5. The molecule has 0 radical (unpaired) electrons. The molecule has 6 nitrogen and oxygen atoms in total.